The molecule has 0 fully saturated rings. The van der Waals surface area contributed by atoms with Crippen LogP contribution in [0.15, 0.2) is 36.4 Å². The van der Waals surface area contributed by atoms with Crippen molar-refractivity contribution in [1.82, 2.24) is 0 Å². The average molecular weight is 685 g/mol. The molecule has 0 aromatic heterocycles. The van der Waals surface area contributed by atoms with Crippen molar-refractivity contribution in [3.63, 3.8) is 0 Å². The van der Waals surface area contributed by atoms with Gasteiger partial charge in [0.25, 0.3) is 0 Å². The van der Waals surface area contributed by atoms with E-state index in [1.54, 1.807) is 0 Å². The zero-order chi connectivity index (χ0) is 35.9. The first-order chi connectivity index (χ1) is 23.1. The fourth-order valence-electron chi connectivity index (χ4n) is 6.10. The predicted molar refractivity (Wildman–Crippen MR) is 209 cm³/mol. The number of benzene rings is 3. The third-order valence-corrected chi connectivity index (χ3v) is 8.96. The van der Waals surface area contributed by atoms with Crippen molar-refractivity contribution in [1.29, 1.82) is 0 Å². The number of unbranched alkanes of at least 4 members (excludes halogenated alkanes) is 6. The summed E-state index contributed by atoms with van der Waals surface area (Å²) in [6.07, 6.45) is 19.2. The normalized spacial score (nSPS) is 10.5. The first-order valence-electron chi connectivity index (χ1n) is 19.4. The molecule has 49 heavy (non-hydrogen) atoms. The van der Waals surface area contributed by atoms with Gasteiger partial charge in [0.1, 0.15) is 0 Å². The van der Waals surface area contributed by atoms with Crippen molar-refractivity contribution in [3.8, 4) is 17.2 Å². The van der Waals surface area contributed by atoms with Crippen LogP contribution in [-0.4, -0.2) is 17.4 Å². The van der Waals surface area contributed by atoms with Crippen molar-refractivity contribution >= 4 is 17.4 Å². The van der Waals surface area contributed by atoms with Crippen LogP contribution >= 0.6 is 0 Å². The Bertz CT molecular complexity index is 1070. The standard InChI is InChI=1S/3C15H24O.Al/c3*1-4-6-8-13-10-12(3)11-14(15(13)16)9-7-5-2;/h3*10-11,16H,4-9H2,1-3H3;/q;;;+3/p-3. The van der Waals surface area contributed by atoms with Crippen LogP contribution in [0.3, 0.4) is 0 Å². The number of hydrogen-bond acceptors (Lipinski definition) is 3. The zero-order valence-corrected chi connectivity index (χ0v) is 34.1. The minimum atomic E-state index is 0. The van der Waals surface area contributed by atoms with E-state index in [-0.39, 0.29) is 17.4 Å². The first kappa shape index (κ1) is 46.6. The van der Waals surface area contributed by atoms with Gasteiger partial charge in [0.15, 0.2) is 0 Å². The molecule has 0 spiro atoms. The molecule has 0 aliphatic rings. The summed E-state index contributed by atoms with van der Waals surface area (Å²) in [5, 5.41) is 36.4. The molecule has 0 bridgehead atoms. The fraction of sp³-hybridized carbons (Fsp3) is 0.600. The molecule has 3 nitrogen and oxygen atoms in total. The van der Waals surface area contributed by atoms with Crippen molar-refractivity contribution in [2.45, 2.75) is 178 Å². The summed E-state index contributed by atoms with van der Waals surface area (Å²) in [4.78, 5) is 0. The SMILES string of the molecule is CCCCc1cc(C)cc(CCCC)c1[O-].CCCCc1cc(C)cc(CCCC)c1[O-].CCCCc1cc(C)cc(CCCC)c1[O-].[Al+3]. The molecule has 0 radical (unpaired) electrons. The van der Waals surface area contributed by atoms with Gasteiger partial charge in [0.2, 0.25) is 0 Å². The van der Waals surface area contributed by atoms with Gasteiger partial charge in [-0.1, -0.05) is 167 Å². The molecule has 3 aromatic rings. The summed E-state index contributed by atoms with van der Waals surface area (Å²) in [5.74, 6) is 0.896. The van der Waals surface area contributed by atoms with E-state index in [1.165, 1.54) is 16.7 Å². The van der Waals surface area contributed by atoms with E-state index in [0.717, 1.165) is 149 Å². The molecule has 0 amide bonds. The van der Waals surface area contributed by atoms with Gasteiger partial charge in [-0.3, -0.25) is 0 Å². The molecule has 3 aromatic carbocycles. The average Bonchev–Trinajstić information content (AvgIpc) is 3.07. The summed E-state index contributed by atoms with van der Waals surface area (Å²) < 4.78 is 0. The molecule has 0 aliphatic heterocycles. The third kappa shape index (κ3) is 17.9. The Balaban J connectivity index is 0.000000698. The van der Waals surface area contributed by atoms with E-state index in [1.807, 2.05) is 0 Å². The molecule has 0 saturated carbocycles. The van der Waals surface area contributed by atoms with Crippen molar-refractivity contribution in [3.05, 3.63) is 86.5 Å². The zero-order valence-electron chi connectivity index (χ0n) is 33.0. The fourth-order valence-corrected chi connectivity index (χ4v) is 6.10. The van der Waals surface area contributed by atoms with Crippen LogP contribution in [0.1, 0.15) is 169 Å². The van der Waals surface area contributed by atoms with Crippen LogP contribution in [0.5, 0.6) is 17.2 Å². The number of rotatable bonds is 18. The number of aryl methyl sites for hydroxylation is 9. The van der Waals surface area contributed by atoms with Gasteiger partial charge < -0.3 is 15.3 Å². The van der Waals surface area contributed by atoms with Crippen LogP contribution in [0.25, 0.3) is 0 Å². The van der Waals surface area contributed by atoms with E-state index < -0.39 is 0 Å². The van der Waals surface area contributed by atoms with Gasteiger partial charge in [-0.25, -0.2) is 0 Å². The van der Waals surface area contributed by atoms with Crippen molar-refractivity contribution in [2.24, 2.45) is 0 Å². The van der Waals surface area contributed by atoms with Crippen LogP contribution in [0.2, 0.25) is 0 Å². The molecule has 0 saturated heterocycles. The van der Waals surface area contributed by atoms with Crippen molar-refractivity contribution < 1.29 is 15.3 Å². The van der Waals surface area contributed by atoms with E-state index in [4.69, 9.17) is 0 Å². The molecule has 0 N–H and O–H groups in total. The molecule has 0 aliphatic carbocycles. The molecule has 0 atom stereocenters. The van der Waals surface area contributed by atoms with Crippen LogP contribution in [0.4, 0.5) is 0 Å². The largest absolute Gasteiger partial charge is 3.00 e. The summed E-state index contributed by atoms with van der Waals surface area (Å²) in [7, 11) is 0. The predicted octanol–water partition coefficient (Wildman–Crippen LogP) is 10.9. The second-order valence-corrected chi connectivity index (χ2v) is 13.9. The Morgan fingerprint density at radius 1 is 0.327 bits per heavy atom. The first-order valence-corrected chi connectivity index (χ1v) is 19.4. The van der Waals surface area contributed by atoms with E-state index in [0.29, 0.717) is 17.2 Å². The monoisotopic (exact) mass is 685 g/mol. The van der Waals surface area contributed by atoms with E-state index in [9.17, 15) is 15.3 Å². The third-order valence-electron chi connectivity index (χ3n) is 8.96. The maximum absolute atomic E-state index is 12.1. The Morgan fingerprint density at radius 3 is 0.592 bits per heavy atom. The molecular weight excluding hydrogens is 615 g/mol. The van der Waals surface area contributed by atoms with Gasteiger partial charge in [-0.05, 0) is 97.8 Å². The van der Waals surface area contributed by atoms with Gasteiger partial charge >= 0.3 is 17.4 Å². The summed E-state index contributed by atoms with van der Waals surface area (Å²) in [6, 6.07) is 12.4. The Hall–Kier alpha value is -2.41. The summed E-state index contributed by atoms with van der Waals surface area (Å²) in [5.41, 5.74) is 9.83. The van der Waals surface area contributed by atoms with Crippen LogP contribution < -0.4 is 15.3 Å². The topological polar surface area (TPSA) is 69.2 Å². The Labute approximate surface area is 313 Å². The van der Waals surface area contributed by atoms with Gasteiger partial charge in [-0.15, -0.1) is 17.2 Å². The molecule has 0 heterocycles. The van der Waals surface area contributed by atoms with Gasteiger partial charge in [-0.2, -0.15) is 0 Å². The van der Waals surface area contributed by atoms with Gasteiger partial charge in [0, 0.05) is 0 Å². The van der Waals surface area contributed by atoms with Crippen molar-refractivity contribution in [2.75, 3.05) is 0 Å². The minimum absolute atomic E-state index is 0. The minimum Gasteiger partial charge on any atom is -0.872 e. The smallest absolute Gasteiger partial charge is 0.872 e. The Kier molecular flexibility index (Phi) is 26.0. The second-order valence-electron chi connectivity index (χ2n) is 13.9. The van der Waals surface area contributed by atoms with E-state index >= 15 is 0 Å². The molecule has 4 heteroatoms. The molecule has 3 rings (SSSR count). The molecule has 0 unspecified atom stereocenters. The maximum atomic E-state index is 12.1. The maximum Gasteiger partial charge on any atom is 3.00 e. The summed E-state index contributed by atoms with van der Waals surface area (Å²) >= 11 is 0. The number of hydrogen-bond donors (Lipinski definition) is 0. The Morgan fingerprint density at radius 2 is 0.469 bits per heavy atom. The van der Waals surface area contributed by atoms with Gasteiger partial charge in [0.05, 0.1) is 0 Å². The molecule has 270 valence electrons. The molecular formula is C45H69AlO3. The second kappa shape index (κ2) is 27.3. The van der Waals surface area contributed by atoms with Crippen LogP contribution in [0, 0.1) is 20.8 Å². The van der Waals surface area contributed by atoms with E-state index in [2.05, 4.69) is 98.7 Å². The summed E-state index contributed by atoms with van der Waals surface area (Å²) in [6.45, 7) is 19.3. The quantitative estimate of drug-likeness (QED) is 0.125. The van der Waals surface area contributed by atoms with Crippen LogP contribution in [-0.2, 0) is 38.5 Å².